The van der Waals surface area contributed by atoms with Crippen molar-refractivity contribution in [2.45, 2.75) is 37.2 Å². The highest BCUT2D eigenvalue weighted by Gasteiger charge is 2.39. The van der Waals surface area contributed by atoms with E-state index in [2.05, 4.69) is 5.32 Å². The van der Waals surface area contributed by atoms with Crippen LogP contribution >= 0.6 is 0 Å². The molecule has 0 heterocycles. The van der Waals surface area contributed by atoms with Gasteiger partial charge < -0.3 is 15.2 Å². The molecule has 0 aromatic heterocycles. The number of nitrogens with one attached hydrogen (secondary N) is 1. The molecular weight excluding hydrogens is 289 g/mol. The summed E-state index contributed by atoms with van der Waals surface area (Å²) >= 11 is 0. The molecule has 1 saturated carbocycles. The van der Waals surface area contributed by atoms with Crippen LogP contribution < -0.4 is 5.32 Å². The van der Waals surface area contributed by atoms with Gasteiger partial charge in [0.1, 0.15) is 5.82 Å². The van der Waals surface area contributed by atoms with Gasteiger partial charge in [-0.15, -0.1) is 0 Å². The van der Waals surface area contributed by atoms with E-state index >= 15 is 0 Å². The number of amides is 1. The van der Waals surface area contributed by atoms with Gasteiger partial charge in [0.25, 0.3) is 0 Å². The second-order valence-electron chi connectivity index (χ2n) is 5.66. The SMILES string of the molecule is COC1(CC(=O)NCC(C(=O)O)c2ccc(F)cc2)CCC1. The first kappa shape index (κ1) is 16.4. The van der Waals surface area contributed by atoms with E-state index in [-0.39, 0.29) is 18.9 Å². The number of hydrogen-bond acceptors (Lipinski definition) is 3. The van der Waals surface area contributed by atoms with Crippen LogP contribution in [-0.2, 0) is 14.3 Å². The molecule has 120 valence electrons. The maximum Gasteiger partial charge on any atom is 0.312 e. The first-order valence-electron chi connectivity index (χ1n) is 7.26. The number of ether oxygens (including phenoxy) is 1. The van der Waals surface area contributed by atoms with Gasteiger partial charge in [0.05, 0.1) is 17.9 Å². The highest BCUT2D eigenvalue weighted by molar-refractivity contribution is 5.80. The third-order valence-electron chi connectivity index (χ3n) is 4.25. The molecular formula is C16H20FNO4. The number of rotatable bonds is 7. The molecule has 5 nitrogen and oxygen atoms in total. The summed E-state index contributed by atoms with van der Waals surface area (Å²) in [4.78, 5) is 23.3. The maximum atomic E-state index is 12.9. The van der Waals surface area contributed by atoms with E-state index in [0.29, 0.717) is 5.56 Å². The van der Waals surface area contributed by atoms with Crippen molar-refractivity contribution in [1.82, 2.24) is 5.32 Å². The molecule has 1 atom stereocenters. The number of methoxy groups -OCH3 is 1. The van der Waals surface area contributed by atoms with Crippen molar-refractivity contribution < 1.29 is 23.8 Å². The van der Waals surface area contributed by atoms with Crippen LogP contribution in [0.4, 0.5) is 4.39 Å². The Morgan fingerprint density at radius 1 is 1.36 bits per heavy atom. The average molecular weight is 309 g/mol. The van der Waals surface area contributed by atoms with Crippen molar-refractivity contribution in [3.63, 3.8) is 0 Å². The molecule has 22 heavy (non-hydrogen) atoms. The zero-order valence-electron chi connectivity index (χ0n) is 12.5. The Kier molecular flexibility index (Phi) is 5.13. The zero-order valence-corrected chi connectivity index (χ0v) is 12.5. The molecule has 0 aliphatic heterocycles. The summed E-state index contributed by atoms with van der Waals surface area (Å²) in [6.07, 6.45) is 2.96. The van der Waals surface area contributed by atoms with Gasteiger partial charge in [-0.2, -0.15) is 0 Å². The third-order valence-corrected chi connectivity index (χ3v) is 4.25. The average Bonchev–Trinajstić information content (AvgIpc) is 2.44. The molecule has 1 unspecified atom stereocenters. The minimum absolute atomic E-state index is 0.0282. The fourth-order valence-corrected chi connectivity index (χ4v) is 2.64. The monoisotopic (exact) mass is 309 g/mol. The van der Waals surface area contributed by atoms with E-state index in [9.17, 15) is 19.1 Å². The van der Waals surface area contributed by atoms with Gasteiger partial charge in [-0.05, 0) is 37.0 Å². The lowest BCUT2D eigenvalue weighted by Crippen LogP contribution is -2.44. The number of hydrogen-bond donors (Lipinski definition) is 2. The van der Waals surface area contributed by atoms with Crippen LogP contribution in [0.2, 0.25) is 0 Å². The number of carboxylic acid groups (broad SMARTS) is 1. The Morgan fingerprint density at radius 3 is 2.45 bits per heavy atom. The van der Waals surface area contributed by atoms with Gasteiger partial charge in [0.2, 0.25) is 5.91 Å². The molecule has 2 rings (SSSR count). The lowest BCUT2D eigenvalue weighted by molar-refractivity contribution is -0.139. The largest absolute Gasteiger partial charge is 0.481 e. The smallest absolute Gasteiger partial charge is 0.312 e. The van der Waals surface area contributed by atoms with Crippen molar-refractivity contribution in [2.24, 2.45) is 0 Å². The standard InChI is InChI=1S/C16H20FNO4/c1-22-16(7-2-8-16)9-14(19)18-10-13(15(20)21)11-3-5-12(17)6-4-11/h3-6,13H,2,7-10H2,1H3,(H,18,19)(H,20,21). The molecule has 0 saturated heterocycles. The summed E-state index contributed by atoms with van der Waals surface area (Å²) < 4.78 is 18.3. The fraction of sp³-hybridized carbons (Fsp3) is 0.500. The van der Waals surface area contributed by atoms with Crippen LogP contribution in [0, 0.1) is 5.82 Å². The lowest BCUT2D eigenvalue weighted by Gasteiger charge is -2.40. The van der Waals surface area contributed by atoms with E-state index < -0.39 is 23.3 Å². The number of carbonyl (C=O) groups excluding carboxylic acids is 1. The number of carbonyl (C=O) groups is 2. The molecule has 1 fully saturated rings. The first-order valence-corrected chi connectivity index (χ1v) is 7.26. The second-order valence-corrected chi connectivity index (χ2v) is 5.66. The Balaban J connectivity index is 1.93. The summed E-state index contributed by atoms with van der Waals surface area (Å²) in [5.41, 5.74) is 0.0675. The Morgan fingerprint density at radius 2 is 2.00 bits per heavy atom. The van der Waals surface area contributed by atoms with E-state index in [0.717, 1.165) is 19.3 Å². The number of aliphatic carboxylic acids is 1. The minimum Gasteiger partial charge on any atom is -0.481 e. The Hall–Kier alpha value is -1.95. The molecule has 0 bridgehead atoms. The molecule has 1 aromatic carbocycles. The maximum absolute atomic E-state index is 12.9. The highest BCUT2D eigenvalue weighted by atomic mass is 19.1. The summed E-state index contributed by atoms with van der Waals surface area (Å²) in [5, 5.41) is 11.9. The van der Waals surface area contributed by atoms with Crippen molar-refractivity contribution in [3.8, 4) is 0 Å². The van der Waals surface area contributed by atoms with Crippen molar-refractivity contribution in [2.75, 3.05) is 13.7 Å². The summed E-state index contributed by atoms with van der Waals surface area (Å²) in [6.45, 7) is -0.0282. The van der Waals surface area contributed by atoms with Crippen molar-refractivity contribution >= 4 is 11.9 Å². The Labute approximate surface area is 128 Å². The number of benzene rings is 1. The van der Waals surface area contributed by atoms with Crippen molar-refractivity contribution in [1.29, 1.82) is 0 Å². The molecule has 6 heteroatoms. The van der Waals surface area contributed by atoms with Crippen LogP contribution in [0.3, 0.4) is 0 Å². The lowest BCUT2D eigenvalue weighted by atomic mass is 9.77. The van der Waals surface area contributed by atoms with Crippen LogP contribution in [0.25, 0.3) is 0 Å². The predicted octanol–water partition coefficient (Wildman–Crippen LogP) is 2.07. The molecule has 0 radical (unpaired) electrons. The second kappa shape index (κ2) is 6.87. The zero-order chi connectivity index (χ0) is 16.2. The van der Waals surface area contributed by atoms with Gasteiger partial charge in [-0.1, -0.05) is 12.1 Å². The Bertz CT molecular complexity index is 534. The number of halogens is 1. The molecule has 1 amide bonds. The van der Waals surface area contributed by atoms with Crippen LogP contribution in [0.1, 0.15) is 37.2 Å². The third kappa shape index (κ3) is 3.82. The van der Waals surface area contributed by atoms with E-state index in [1.165, 1.54) is 24.3 Å². The van der Waals surface area contributed by atoms with Gasteiger partial charge in [-0.3, -0.25) is 9.59 Å². The first-order chi connectivity index (χ1) is 10.5. The summed E-state index contributed by atoms with van der Waals surface area (Å²) in [5.74, 6) is -2.61. The topological polar surface area (TPSA) is 75.6 Å². The molecule has 0 spiro atoms. The van der Waals surface area contributed by atoms with E-state index in [1.54, 1.807) is 7.11 Å². The minimum atomic E-state index is -1.06. The normalized spacial score (nSPS) is 17.4. The van der Waals surface area contributed by atoms with Gasteiger partial charge in [0, 0.05) is 13.7 Å². The van der Waals surface area contributed by atoms with Gasteiger partial charge in [-0.25, -0.2) is 4.39 Å². The van der Waals surface area contributed by atoms with E-state index in [4.69, 9.17) is 4.74 Å². The molecule has 1 aliphatic carbocycles. The fourth-order valence-electron chi connectivity index (χ4n) is 2.64. The van der Waals surface area contributed by atoms with Crippen LogP contribution in [0.15, 0.2) is 24.3 Å². The quantitative estimate of drug-likeness (QED) is 0.808. The van der Waals surface area contributed by atoms with Crippen LogP contribution in [0.5, 0.6) is 0 Å². The highest BCUT2D eigenvalue weighted by Crippen LogP contribution is 2.37. The molecule has 1 aromatic rings. The molecule has 1 aliphatic rings. The number of carboxylic acids is 1. The summed E-state index contributed by atoms with van der Waals surface area (Å²) in [6, 6.07) is 5.26. The van der Waals surface area contributed by atoms with Crippen LogP contribution in [-0.4, -0.2) is 36.2 Å². The van der Waals surface area contributed by atoms with Gasteiger partial charge in [0.15, 0.2) is 0 Å². The van der Waals surface area contributed by atoms with E-state index in [1.807, 2.05) is 0 Å². The van der Waals surface area contributed by atoms with Crippen molar-refractivity contribution in [3.05, 3.63) is 35.6 Å². The van der Waals surface area contributed by atoms with Gasteiger partial charge >= 0.3 is 5.97 Å². The predicted molar refractivity (Wildman–Crippen MR) is 78.0 cm³/mol. The summed E-state index contributed by atoms with van der Waals surface area (Å²) in [7, 11) is 1.59. The molecule has 2 N–H and O–H groups in total.